The third-order valence-corrected chi connectivity index (χ3v) is 3.68. The van der Waals surface area contributed by atoms with Crippen LogP contribution in [0.15, 0.2) is 48.8 Å². The molecule has 4 heteroatoms. The first-order valence-corrected chi connectivity index (χ1v) is 6.92. The number of aromatic nitrogens is 1. The van der Waals surface area contributed by atoms with Crippen molar-refractivity contribution in [3.05, 3.63) is 48.8 Å². The van der Waals surface area contributed by atoms with E-state index in [-0.39, 0.29) is 0 Å². The zero-order chi connectivity index (χ0) is 15.5. The maximum absolute atomic E-state index is 5.59. The van der Waals surface area contributed by atoms with Crippen LogP contribution in [0.3, 0.4) is 0 Å². The monoisotopic (exact) mass is 295 g/mol. The van der Waals surface area contributed by atoms with Crippen LogP contribution >= 0.6 is 0 Å². The molecular formula is C18H17NO3. The van der Waals surface area contributed by atoms with Crippen LogP contribution < -0.4 is 14.2 Å². The van der Waals surface area contributed by atoms with Gasteiger partial charge in [0.1, 0.15) is 0 Å². The number of pyridine rings is 1. The minimum atomic E-state index is 0.591. The highest BCUT2D eigenvalue weighted by Crippen LogP contribution is 2.45. The zero-order valence-corrected chi connectivity index (χ0v) is 12.8. The predicted molar refractivity (Wildman–Crippen MR) is 86.8 cm³/mol. The minimum absolute atomic E-state index is 0.591. The summed E-state index contributed by atoms with van der Waals surface area (Å²) in [5.74, 6) is 1.89. The quantitative estimate of drug-likeness (QED) is 0.731. The van der Waals surface area contributed by atoms with Crippen LogP contribution in [0, 0.1) is 0 Å². The first-order chi connectivity index (χ1) is 10.8. The molecule has 0 aliphatic carbocycles. The molecule has 0 saturated heterocycles. The van der Waals surface area contributed by atoms with Crippen LogP contribution in [0.2, 0.25) is 0 Å². The molecule has 0 bridgehead atoms. The van der Waals surface area contributed by atoms with Crippen molar-refractivity contribution in [1.82, 2.24) is 4.98 Å². The van der Waals surface area contributed by atoms with Crippen LogP contribution in [0.25, 0.3) is 21.9 Å². The predicted octanol–water partition coefficient (Wildman–Crippen LogP) is 3.93. The van der Waals surface area contributed by atoms with Gasteiger partial charge in [-0.3, -0.25) is 4.98 Å². The van der Waals surface area contributed by atoms with Gasteiger partial charge in [-0.1, -0.05) is 18.2 Å². The van der Waals surface area contributed by atoms with Crippen molar-refractivity contribution in [2.24, 2.45) is 0 Å². The molecule has 0 fully saturated rings. The molecule has 0 spiro atoms. The average molecular weight is 295 g/mol. The number of fused-ring (bicyclic) bond motifs is 1. The van der Waals surface area contributed by atoms with E-state index < -0.39 is 0 Å². The molecule has 0 amide bonds. The highest BCUT2D eigenvalue weighted by Gasteiger charge is 2.18. The second kappa shape index (κ2) is 5.93. The van der Waals surface area contributed by atoms with Crippen molar-refractivity contribution in [2.45, 2.75) is 0 Å². The van der Waals surface area contributed by atoms with E-state index >= 15 is 0 Å². The lowest BCUT2D eigenvalue weighted by Crippen LogP contribution is -1.97. The fourth-order valence-electron chi connectivity index (χ4n) is 2.67. The summed E-state index contributed by atoms with van der Waals surface area (Å²) in [6.45, 7) is 0. The Kier molecular flexibility index (Phi) is 3.83. The highest BCUT2D eigenvalue weighted by atomic mass is 16.5. The number of benzene rings is 2. The number of rotatable bonds is 4. The van der Waals surface area contributed by atoms with Crippen molar-refractivity contribution < 1.29 is 14.2 Å². The summed E-state index contributed by atoms with van der Waals surface area (Å²) < 4.78 is 16.4. The van der Waals surface area contributed by atoms with Crippen molar-refractivity contribution in [1.29, 1.82) is 0 Å². The van der Waals surface area contributed by atoms with E-state index in [2.05, 4.69) is 11.1 Å². The van der Waals surface area contributed by atoms with Gasteiger partial charge < -0.3 is 14.2 Å². The molecule has 4 nitrogen and oxygen atoms in total. The summed E-state index contributed by atoms with van der Waals surface area (Å²) in [6.07, 6.45) is 3.64. The fourth-order valence-corrected chi connectivity index (χ4v) is 2.67. The number of hydrogen-bond acceptors (Lipinski definition) is 4. The maximum atomic E-state index is 5.59. The van der Waals surface area contributed by atoms with Crippen molar-refractivity contribution in [2.75, 3.05) is 21.3 Å². The van der Waals surface area contributed by atoms with Crippen LogP contribution in [0.5, 0.6) is 17.2 Å². The SMILES string of the molecule is COc1ccc(-c2cccc3cnccc23)c(OC)c1OC. The first-order valence-electron chi connectivity index (χ1n) is 6.92. The summed E-state index contributed by atoms with van der Waals surface area (Å²) in [4.78, 5) is 4.18. The number of methoxy groups -OCH3 is 3. The van der Waals surface area contributed by atoms with Gasteiger partial charge in [-0.05, 0) is 29.1 Å². The molecule has 3 rings (SSSR count). The Morgan fingerprint density at radius 1 is 0.773 bits per heavy atom. The average Bonchev–Trinajstić information content (AvgIpc) is 2.59. The summed E-state index contributed by atoms with van der Waals surface area (Å²) in [5.41, 5.74) is 2.02. The molecule has 0 atom stereocenters. The van der Waals surface area contributed by atoms with E-state index in [1.807, 2.05) is 36.5 Å². The molecule has 0 aliphatic heterocycles. The normalized spacial score (nSPS) is 10.5. The molecular weight excluding hydrogens is 278 g/mol. The van der Waals surface area contributed by atoms with E-state index in [0.29, 0.717) is 17.2 Å². The van der Waals surface area contributed by atoms with Gasteiger partial charge in [0.15, 0.2) is 11.5 Å². The van der Waals surface area contributed by atoms with Crippen molar-refractivity contribution in [3.8, 4) is 28.4 Å². The van der Waals surface area contributed by atoms with E-state index in [1.54, 1.807) is 27.5 Å². The van der Waals surface area contributed by atoms with Gasteiger partial charge in [0.25, 0.3) is 0 Å². The van der Waals surface area contributed by atoms with E-state index in [0.717, 1.165) is 21.9 Å². The van der Waals surface area contributed by atoms with Gasteiger partial charge in [-0.2, -0.15) is 0 Å². The Balaban J connectivity index is 2.31. The molecule has 2 aromatic carbocycles. The lowest BCUT2D eigenvalue weighted by molar-refractivity contribution is 0.325. The topological polar surface area (TPSA) is 40.6 Å². The van der Waals surface area contributed by atoms with Gasteiger partial charge >= 0.3 is 0 Å². The first kappa shape index (κ1) is 14.2. The van der Waals surface area contributed by atoms with Gasteiger partial charge in [-0.25, -0.2) is 0 Å². The standard InChI is InChI=1S/C18H17NO3/c1-20-16-8-7-15(17(21-2)18(16)22-3)14-6-4-5-12-11-19-10-9-13(12)14/h4-11H,1-3H3. The largest absolute Gasteiger partial charge is 0.493 e. The van der Waals surface area contributed by atoms with E-state index in [9.17, 15) is 0 Å². The smallest absolute Gasteiger partial charge is 0.203 e. The van der Waals surface area contributed by atoms with Crippen LogP contribution in [0.4, 0.5) is 0 Å². The van der Waals surface area contributed by atoms with Gasteiger partial charge in [-0.15, -0.1) is 0 Å². The molecule has 22 heavy (non-hydrogen) atoms. The molecule has 0 saturated carbocycles. The zero-order valence-electron chi connectivity index (χ0n) is 12.8. The Bertz CT molecular complexity index is 809. The van der Waals surface area contributed by atoms with Crippen LogP contribution in [-0.4, -0.2) is 26.3 Å². The van der Waals surface area contributed by atoms with E-state index in [4.69, 9.17) is 14.2 Å². The van der Waals surface area contributed by atoms with E-state index in [1.165, 1.54) is 0 Å². The fraction of sp³-hybridized carbons (Fsp3) is 0.167. The molecule has 0 radical (unpaired) electrons. The van der Waals surface area contributed by atoms with Crippen molar-refractivity contribution in [3.63, 3.8) is 0 Å². The molecule has 0 N–H and O–H groups in total. The summed E-state index contributed by atoms with van der Waals surface area (Å²) in [6, 6.07) is 12.0. The van der Waals surface area contributed by atoms with Crippen LogP contribution in [0.1, 0.15) is 0 Å². The third-order valence-electron chi connectivity index (χ3n) is 3.68. The number of nitrogens with zero attached hydrogens (tertiary/aromatic N) is 1. The second-order valence-corrected chi connectivity index (χ2v) is 4.78. The number of ether oxygens (including phenoxy) is 3. The Labute approximate surface area is 129 Å². The summed E-state index contributed by atoms with van der Waals surface area (Å²) in [7, 11) is 4.85. The Morgan fingerprint density at radius 2 is 1.59 bits per heavy atom. The Hall–Kier alpha value is -2.75. The lowest BCUT2D eigenvalue weighted by atomic mass is 9.98. The third kappa shape index (κ3) is 2.22. The Morgan fingerprint density at radius 3 is 2.32 bits per heavy atom. The summed E-state index contributed by atoms with van der Waals surface area (Å²) >= 11 is 0. The van der Waals surface area contributed by atoms with Gasteiger partial charge in [0, 0.05) is 23.3 Å². The minimum Gasteiger partial charge on any atom is -0.493 e. The van der Waals surface area contributed by atoms with Gasteiger partial charge in [0.2, 0.25) is 5.75 Å². The summed E-state index contributed by atoms with van der Waals surface area (Å²) in [5, 5.41) is 2.19. The molecule has 1 aromatic heterocycles. The second-order valence-electron chi connectivity index (χ2n) is 4.78. The molecule has 0 unspecified atom stereocenters. The van der Waals surface area contributed by atoms with Gasteiger partial charge in [0.05, 0.1) is 21.3 Å². The molecule has 0 aliphatic rings. The highest BCUT2D eigenvalue weighted by molar-refractivity contribution is 5.98. The maximum Gasteiger partial charge on any atom is 0.203 e. The molecule has 3 aromatic rings. The van der Waals surface area contributed by atoms with Crippen molar-refractivity contribution >= 4 is 10.8 Å². The lowest BCUT2D eigenvalue weighted by Gasteiger charge is -2.16. The molecule has 112 valence electrons. The van der Waals surface area contributed by atoms with Crippen LogP contribution in [-0.2, 0) is 0 Å². The molecule has 1 heterocycles. The number of hydrogen-bond donors (Lipinski definition) is 0.